The molecule has 3 nitrogen and oxygen atoms in total. The molecule has 4 aliphatic carbocycles. The van der Waals surface area contributed by atoms with Crippen LogP contribution in [0.1, 0.15) is 49.7 Å². The molecule has 0 heterocycles. The number of nitrogens with two attached hydrogens (primary N) is 1. The van der Waals surface area contributed by atoms with Gasteiger partial charge in [0, 0.05) is 25.8 Å². The Kier molecular flexibility index (Phi) is 4.38. The van der Waals surface area contributed by atoms with E-state index in [9.17, 15) is 4.79 Å². The lowest BCUT2D eigenvalue weighted by Gasteiger charge is -2.54. The number of hydrogen-bond donors (Lipinski definition) is 2. The predicted octanol–water partition coefficient (Wildman–Crippen LogP) is 2.19. The minimum Gasteiger partial charge on any atom is -0.351 e. The highest BCUT2D eigenvalue weighted by atomic mass is 16.1. The number of quaternary nitrogens is 1. The van der Waals surface area contributed by atoms with E-state index in [2.05, 4.69) is 41.8 Å². The Hall–Kier alpha value is -1.35. The van der Waals surface area contributed by atoms with Crippen molar-refractivity contribution in [3.8, 4) is 0 Å². The van der Waals surface area contributed by atoms with E-state index in [0.29, 0.717) is 12.1 Å². The van der Waals surface area contributed by atoms with Crippen LogP contribution in [0.15, 0.2) is 24.3 Å². The normalized spacial score (nSPS) is 33.6. The Balaban J connectivity index is 1.23. The van der Waals surface area contributed by atoms with Crippen LogP contribution in [0, 0.1) is 24.7 Å². The maximum Gasteiger partial charge on any atom is 0.275 e. The van der Waals surface area contributed by atoms with Crippen molar-refractivity contribution in [2.24, 2.45) is 17.8 Å². The summed E-state index contributed by atoms with van der Waals surface area (Å²) in [6.07, 6.45) is 9.40. The van der Waals surface area contributed by atoms with Gasteiger partial charge < -0.3 is 10.6 Å². The minimum atomic E-state index is 0.208. The van der Waals surface area contributed by atoms with Gasteiger partial charge in [-0.05, 0) is 61.5 Å². The number of hydrogen-bond acceptors (Lipinski definition) is 1. The molecule has 0 unspecified atom stereocenters. The van der Waals surface area contributed by atoms with E-state index < -0.39 is 0 Å². The molecule has 5 rings (SSSR count). The molecule has 3 N–H and O–H groups in total. The summed E-state index contributed by atoms with van der Waals surface area (Å²) in [7, 11) is 0. The number of rotatable bonds is 6. The molecule has 24 heavy (non-hydrogen) atoms. The number of benzene rings is 1. The third kappa shape index (κ3) is 3.37. The third-order valence-corrected chi connectivity index (χ3v) is 6.78. The van der Waals surface area contributed by atoms with Gasteiger partial charge in [0.1, 0.15) is 0 Å². The van der Waals surface area contributed by atoms with Gasteiger partial charge in [0.05, 0.1) is 5.54 Å². The van der Waals surface area contributed by atoms with Crippen LogP contribution >= 0.6 is 0 Å². The molecule has 0 aliphatic heterocycles. The SMILES string of the molecule is Cc1ccccc1CCNC(=O)C[NH2+]C12CC3CC(CC(C3)C1)C2. The highest BCUT2D eigenvalue weighted by molar-refractivity contribution is 5.76. The Morgan fingerprint density at radius 2 is 1.75 bits per heavy atom. The zero-order valence-corrected chi connectivity index (χ0v) is 14.9. The molecule has 0 aromatic heterocycles. The second-order valence-electron chi connectivity index (χ2n) is 8.71. The summed E-state index contributed by atoms with van der Waals surface area (Å²) in [4.78, 5) is 12.3. The van der Waals surface area contributed by atoms with E-state index in [1.54, 1.807) is 0 Å². The topological polar surface area (TPSA) is 45.7 Å². The van der Waals surface area contributed by atoms with Crippen molar-refractivity contribution >= 4 is 5.91 Å². The number of nitrogens with one attached hydrogen (secondary N) is 1. The first kappa shape index (κ1) is 16.1. The van der Waals surface area contributed by atoms with Crippen LogP contribution in [0.4, 0.5) is 0 Å². The van der Waals surface area contributed by atoms with Gasteiger partial charge in [-0.15, -0.1) is 0 Å². The summed E-state index contributed by atoms with van der Waals surface area (Å²) in [6, 6.07) is 8.43. The second-order valence-corrected chi connectivity index (χ2v) is 8.71. The van der Waals surface area contributed by atoms with Gasteiger partial charge in [-0.3, -0.25) is 4.79 Å². The van der Waals surface area contributed by atoms with Gasteiger partial charge in [-0.1, -0.05) is 24.3 Å². The van der Waals surface area contributed by atoms with Crippen LogP contribution in [0.5, 0.6) is 0 Å². The fraction of sp³-hybridized carbons (Fsp3) is 0.667. The summed E-state index contributed by atoms with van der Waals surface area (Å²) >= 11 is 0. The van der Waals surface area contributed by atoms with Crippen molar-refractivity contribution in [2.45, 2.75) is 57.4 Å². The second kappa shape index (κ2) is 6.51. The lowest BCUT2D eigenvalue weighted by molar-refractivity contribution is -0.730. The molecule has 4 saturated carbocycles. The molecule has 1 amide bonds. The highest BCUT2D eigenvalue weighted by Crippen LogP contribution is 2.54. The van der Waals surface area contributed by atoms with Gasteiger partial charge in [0.2, 0.25) is 0 Å². The summed E-state index contributed by atoms with van der Waals surface area (Å²) in [6.45, 7) is 3.50. The van der Waals surface area contributed by atoms with Crippen LogP contribution in [-0.4, -0.2) is 24.5 Å². The predicted molar refractivity (Wildman–Crippen MR) is 95.6 cm³/mol. The first-order valence-electron chi connectivity index (χ1n) is 9.77. The summed E-state index contributed by atoms with van der Waals surface area (Å²) < 4.78 is 0. The smallest absolute Gasteiger partial charge is 0.275 e. The molecule has 0 spiro atoms. The third-order valence-electron chi connectivity index (χ3n) is 6.78. The first-order chi connectivity index (χ1) is 11.6. The molecule has 130 valence electrons. The van der Waals surface area contributed by atoms with E-state index in [1.165, 1.54) is 49.7 Å². The largest absolute Gasteiger partial charge is 0.351 e. The number of carbonyl (C=O) groups excluding carboxylic acids is 1. The number of aryl methyl sites for hydroxylation is 1. The molecule has 1 aromatic carbocycles. The van der Waals surface area contributed by atoms with Crippen molar-refractivity contribution < 1.29 is 10.1 Å². The fourth-order valence-corrected chi connectivity index (χ4v) is 6.04. The van der Waals surface area contributed by atoms with Crippen molar-refractivity contribution in [3.05, 3.63) is 35.4 Å². The molecule has 0 saturated heterocycles. The standard InChI is InChI=1S/C21H30N2O/c1-15-4-2-3-5-19(15)6-7-22-20(24)14-23-21-11-16-8-17(12-21)10-18(9-16)13-21/h2-5,16-18,23H,6-14H2,1H3,(H,22,24)/p+1. The van der Waals surface area contributed by atoms with Gasteiger partial charge >= 0.3 is 0 Å². The van der Waals surface area contributed by atoms with E-state index in [4.69, 9.17) is 0 Å². The van der Waals surface area contributed by atoms with Crippen LogP contribution in [-0.2, 0) is 11.2 Å². The van der Waals surface area contributed by atoms with E-state index in [0.717, 1.165) is 30.7 Å². The van der Waals surface area contributed by atoms with E-state index in [-0.39, 0.29) is 5.91 Å². The van der Waals surface area contributed by atoms with E-state index >= 15 is 0 Å². The summed E-state index contributed by atoms with van der Waals surface area (Å²) in [5.74, 6) is 3.07. The molecule has 4 fully saturated rings. The van der Waals surface area contributed by atoms with Crippen molar-refractivity contribution in [2.75, 3.05) is 13.1 Å². The van der Waals surface area contributed by atoms with Crippen LogP contribution < -0.4 is 10.6 Å². The molecule has 0 atom stereocenters. The van der Waals surface area contributed by atoms with Gasteiger partial charge in [-0.2, -0.15) is 0 Å². The maximum absolute atomic E-state index is 12.3. The molecule has 3 heteroatoms. The van der Waals surface area contributed by atoms with Gasteiger partial charge in [0.25, 0.3) is 5.91 Å². The van der Waals surface area contributed by atoms with Crippen molar-refractivity contribution in [3.63, 3.8) is 0 Å². The zero-order chi connectivity index (χ0) is 16.6. The molecular formula is C21H31N2O+. The van der Waals surface area contributed by atoms with Gasteiger partial charge in [-0.25, -0.2) is 0 Å². The monoisotopic (exact) mass is 327 g/mol. The van der Waals surface area contributed by atoms with Crippen LogP contribution in [0.3, 0.4) is 0 Å². The average Bonchev–Trinajstić information content (AvgIpc) is 2.54. The van der Waals surface area contributed by atoms with Crippen molar-refractivity contribution in [1.29, 1.82) is 0 Å². The quantitative estimate of drug-likeness (QED) is 0.826. The minimum absolute atomic E-state index is 0.208. The Labute approximate surface area is 145 Å². The Bertz CT molecular complexity index is 574. The lowest BCUT2D eigenvalue weighted by Crippen LogP contribution is -3.00. The average molecular weight is 327 g/mol. The van der Waals surface area contributed by atoms with Crippen LogP contribution in [0.25, 0.3) is 0 Å². The Morgan fingerprint density at radius 1 is 1.12 bits per heavy atom. The highest BCUT2D eigenvalue weighted by Gasteiger charge is 2.53. The molecule has 0 radical (unpaired) electrons. The number of carbonyl (C=O) groups is 1. The van der Waals surface area contributed by atoms with Crippen molar-refractivity contribution in [1.82, 2.24) is 5.32 Å². The summed E-state index contributed by atoms with van der Waals surface area (Å²) in [5, 5.41) is 5.52. The molecule has 4 bridgehead atoms. The number of amides is 1. The Morgan fingerprint density at radius 3 is 2.38 bits per heavy atom. The molecular weight excluding hydrogens is 296 g/mol. The molecule has 4 aliphatic rings. The van der Waals surface area contributed by atoms with Gasteiger partial charge in [0.15, 0.2) is 6.54 Å². The van der Waals surface area contributed by atoms with E-state index in [1.807, 2.05) is 0 Å². The lowest BCUT2D eigenvalue weighted by atomic mass is 9.53. The zero-order valence-electron chi connectivity index (χ0n) is 14.9. The maximum atomic E-state index is 12.3. The summed E-state index contributed by atoms with van der Waals surface area (Å²) in [5.41, 5.74) is 3.05. The first-order valence-corrected chi connectivity index (χ1v) is 9.77. The fourth-order valence-electron chi connectivity index (χ4n) is 6.04. The molecule has 1 aromatic rings. The van der Waals surface area contributed by atoms with Crippen LogP contribution in [0.2, 0.25) is 0 Å².